The SMILES string of the molecule is O=C(O)N1CCC[C@H]1CN1C(=O)C2(COc3cc4c(cc32)CCO4)c2ccccc21. The molecule has 0 saturated carbocycles. The molecule has 1 fully saturated rings. The molecule has 4 aliphatic rings. The summed E-state index contributed by atoms with van der Waals surface area (Å²) in [6, 6.07) is 11.6. The van der Waals surface area contributed by atoms with Gasteiger partial charge in [-0.05, 0) is 36.1 Å². The number of benzene rings is 2. The Bertz CT molecular complexity index is 1080. The minimum absolute atomic E-state index is 0.0291. The fraction of sp³-hybridized carbons (Fsp3) is 0.391. The van der Waals surface area contributed by atoms with E-state index < -0.39 is 11.5 Å². The van der Waals surface area contributed by atoms with E-state index in [-0.39, 0.29) is 18.6 Å². The molecule has 0 aromatic heterocycles. The largest absolute Gasteiger partial charge is 0.493 e. The van der Waals surface area contributed by atoms with E-state index in [1.54, 1.807) is 4.90 Å². The van der Waals surface area contributed by atoms with Gasteiger partial charge >= 0.3 is 6.09 Å². The molecule has 0 bridgehead atoms. The van der Waals surface area contributed by atoms with Crippen LogP contribution in [0.3, 0.4) is 0 Å². The highest BCUT2D eigenvalue weighted by molar-refractivity contribution is 6.11. The first-order chi connectivity index (χ1) is 14.6. The molecule has 0 radical (unpaired) electrons. The van der Waals surface area contributed by atoms with Crippen LogP contribution in [-0.2, 0) is 16.6 Å². The lowest BCUT2D eigenvalue weighted by atomic mass is 9.76. The Morgan fingerprint density at radius 1 is 1.17 bits per heavy atom. The zero-order chi connectivity index (χ0) is 20.5. The Labute approximate surface area is 173 Å². The summed E-state index contributed by atoms with van der Waals surface area (Å²) >= 11 is 0. The molecule has 1 N–H and O–H groups in total. The molecule has 1 spiro atoms. The van der Waals surface area contributed by atoms with E-state index >= 15 is 0 Å². The number of anilines is 1. The lowest BCUT2D eigenvalue weighted by Crippen LogP contribution is -2.48. The van der Waals surface area contributed by atoms with Gasteiger partial charge in [0.25, 0.3) is 0 Å². The molecular weight excluding hydrogens is 384 g/mol. The van der Waals surface area contributed by atoms with Gasteiger partial charge in [0.2, 0.25) is 5.91 Å². The number of ether oxygens (including phenoxy) is 2. The van der Waals surface area contributed by atoms with E-state index in [1.807, 2.05) is 30.3 Å². The van der Waals surface area contributed by atoms with Gasteiger partial charge in [-0.3, -0.25) is 4.79 Å². The first kappa shape index (κ1) is 17.6. The summed E-state index contributed by atoms with van der Waals surface area (Å²) in [5.74, 6) is 1.51. The molecule has 0 aliphatic carbocycles. The van der Waals surface area contributed by atoms with Gasteiger partial charge in [-0.1, -0.05) is 18.2 Å². The van der Waals surface area contributed by atoms with Crippen LogP contribution in [0.1, 0.15) is 29.5 Å². The topological polar surface area (TPSA) is 79.3 Å². The van der Waals surface area contributed by atoms with E-state index in [2.05, 4.69) is 6.07 Å². The summed E-state index contributed by atoms with van der Waals surface area (Å²) in [7, 11) is 0. The molecule has 7 nitrogen and oxygen atoms in total. The third-order valence-electron chi connectivity index (χ3n) is 6.98. The minimum atomic E-state index is -0.919. The quantitative estimate of drug-likeness (QED) is 0.830. The molecule has 1 saturated heterocycles. The summed E-state index contributed by atoms with van der Waals surface area (Å²) in [6.07, 6.45) is 1.50. The fourth-order valence-corrected chi connectivity index (χ4v) is 5.52. The number of nitrogens with zero attached hydrogens (tertiary/aromatic N) is 2. The summed E-state index contributed by atoms with van der Waals surface area (Å²) in [5, 5.41) is 9.53. The average molecular weight is 406 g/mol. The molecular formula is C23H22N2O5. The van der Waals surface area contributed by atoms with Crippen LogP contribution in [0, 0.1) is 0 Å². The van der Waals surface area contributed by atoms with Crippen LogP contribution in [0.5, 0.6) is 11.5 Å². The Morgan fingerprint density at radius 3 is 2.90 bits per heavy atom. The zero-order valence-corrected chi connectivity index (χ0v) is 16.5. The smallest absolute Gasteiger partial charge is 0.407 e. The van der Waals surface area contributed by atoms with Crippen molar-refractivity contribution >= 4 is 17.7 Å². The van der Waals surface area contributed by atoms with E-state index in [0.717, 1.165) is 47.4 Å². The Kier molecular flexibility index (Phi) is 3.61. The van der Waals surface area contributed by atoms with Crippen molar-refractivity contribution in [1.82, 2.24) is 4.90 Å². The summed E-state index contributed by atoms with van der Waals surface area (Å²) in [6.45, 7) is 1.79. The lowest BCUT2D eigenvalue weighted by Gasteiger charge is -2.28. The van der Waals surface area contributed by atoms with Crippen LogP contribution in [-0.4, -0.2) is 54.4 Å². The van der Waals surface area contributed by atoms with Crippen molar-refractivity contribution in [2.24, 2.45) is 0 Å². The third kappa shape index (κ3) is 2.20. The van der Waals surface area contributed by atoms with E-state index in [9.17, 15) is 14.7 Å². The molecule has 154 valence electrons. The molecule has 6 rings (SSSR count). The van der Waals surface area contributed by atoms with E-state index in [0.29, 0.717) is 25.4 Å². The molecule has 7 heteroatoms. The number of carbonyl (C=O) groups is 2. The van der Waals surface area contributed by atoms with Crippen LogP contribution >= 0.6 is 0 Å². The standard InChI is InChI=1S/C23H22N2O5/c26-21-23(13-30-20-11-19-14(7-9-29-19)10-17(20)23)16-5-1-2-6-18(16)25(21)12-15-4-3-8-24(15)22(27)28/h1-2,5-6,10-11,15H,3-4,7-9,12-13H2,(H,27,28)/t15-,23?/m0/s1. The Morgan fingerprint density at radius 2 is 2.03 bits per heavy atom. The number of carboxylic acid groups (broad SMARTS) is 1. The second-order valence-corrected chi connectivity index (χ2v) is 8.45. The number of hydrogen-bond donors (Lipinski definition) is 1. The molecule has 4 aliphatic heterocycles. The summed E-state index contributed by atoms with van der Waals surface area (Å²) in [4.78, 5) is 28.8. The first-order valence-electron chi connectivity index (χ1n) is 10.4. The second kappa shape index (κ2) is 6.14. The molecule has 2 aromatic carbocycles. The summed E-state index contributed by atoms with van der Waals surface area (Å²) in [5.41, 5.74) is 2.92. The number of carbonyl (C=O) groups excluding carboxylic acids is 1. The van der Waals surface area contributed by atoms with Crippen molar-refractivity contribution < 1.29 is 24.2 Å². The number of hydrogen-bond acceptors (Lipinski definition) is 4. The molecule has 2 amide bonds. The van der Waals surface area contributed by atoms with Crippen LogP contribution in [0.25, 0.3) is 0 Å². The maximum atomic E-state index is 14.0. The monoisotopic (exact) mass is 406 g/mol. The van der Waals surface area contributed by atoms with Crippen LogP contribution in [0.2, 0.25) is 0 Å². The molecule has 2 aromatic rings. The van der Waals surface area contributed by atoms with Gasteiger partial charge < -0.3 is 24.4 Å². The molecule has 4 heterocycles. The second-order valence-electron chi connectivity index (χ2n) is 8.45. The third-order valence-corrected chi connectivity index (χ3v) is 6.98. The highest BCUT2D eigenvalue weighted by Crippen LogP contribution is 2.54. The highest BCUT2D eigenvalue weighted by atomic mass is 16.5. The van der Waals surface area contributed by atoms with Gasteiger partial charge in [-0.25, -0.2) is 4.79 Å². The van der Waals surface area contributed by atoms with E-state index in [1.165, 1.54) is 4.90 Å². The van der Waals surface area contributed by atoms with Crippen molar-refractivity contribution in [2.45, 2.75) is 30.7 Å². The Hall–Kier alpha value is -3.22. The number of likely N-dealkylation sites (tertiary alicyclic amines) is 1. The van der Waals surface area contributed by atoms with Crippen LogP contribution in [0.15, 0.2) is 36.4 Å². The van der Waals surface area contributed by atoms with Crippen molar-refractivity contribution in [3.8, 4) is 11.5 Å². The molecule has 2 atom stereocenters. The lowest BCUT2D eigenvalue weighted by molar-refractivity contribution is -0.122. The van der Waals surface area contributed by atoms with Gasteiger partial charge in [0.15, 0.2) is 0 Å². The fourth-order valence-electron chi connectivity index (χ4n) is 5.52. The van der Waals surface area contributed by atoms with Crippen molar-refractivity contribution in [3.05, 3.63) is 53.1 Å². The van der Waals surface area contributed by atoms with Gasteiger partial charge in [0, 0.05) is 36.8 Å². The predicted molar refractivity (Wildman–Crippen MR) is 108 cm³/mol. The summed E-state index contributed by atoms with van der Waals surface area (Å²) < 4.78 is 11.7. The first-order valence-corrected chi connectivity index (χ1v) is 10.4. The number of amides is 2. The number of para-hydroxylation sites is 1. The van der Waals surface area contributed by atoms with Crippen molar-refractivity contribution in [3.63, 3.8) is 0 Å². The normalized spacial score (nSPS) is 25.9. The van der Waals surface area contributed by atoms with Gasteiger partial charge in [0.05, 0.1) is 12.6 Å². The highest BCUT2D eigenvalue weighted by Gasteiger charge is 2.57. The maximum absolute atomic E-state index is 14.0. The number of fused-ring (bicyclic) bond motifs is 5. The average Bonchev–Trinajstić information content (AvgIpc) is 3.51. The molecule has 30 heavy (non-hydrogen) atoms. The zero-order valence-electron chi connectivity index (χ0n) is 16.5. The maximum Gasteiger partial charge on any atom is 0.407 e. The van der Waals surface area contributed by atoms with E-state index in [4.69, 9.17) is 9.47 Å². The minimum Gasteiger partial charge on any atom is -0.493 e. The van der Waals surface area contributed by atoms with Crippen molar-refractivity contribution in [2.75, 3.05) is 31.2 Å². The van der Waals surface area contributed by atoms with Crippen LogP contribution in [0.4, 0.5) is 10.5 Å². The van der Waals surface area contributed by atoms with Gasteiger partial charge in [0.1, 0.15) is 23.5 Å². The Balaban J connectivity index is 1.45. The van der Waals surface area contributed by atoms with Gasteiger partial charge in [-0.2, -0.15) is 0 Å². The van der Waals surface area contributed by atoms with Crippen molar-refractivity contribution in [1.29, 1.82) is 0 Å². The number of rotatable bonds is 2. The van der Waals surface area contributed by atoms with Crippen LogP contribution < -0.4 is 14.4 Å². The molecule has 1 unspecified atom stereocenters. The predicted octanol–water partition coefficient (Wildman–Crippen LogP) is 2.79. The van der Waals surface area contributed by atoms with Gasteiger partial charge in [-0.15, -0.1) is 0 Å².